The van der Waals surface area contributed by atoms with Gasteiger partial charge in [-0.2, -0.15) is 0 Å². The molecule has 1 aliphatic heterocycles. The molecule has 1 N–H and O–H groups in total. The molecule has 0 saturated carbocycles. The van der Waals surface area contributed by atoms with Crippen LogP contribution in [0.1, 0.15) is 11.1 Å². The van der Waals surface area contributed by atoms with Gasteiger partial charge in [-0.3, -0.25) is 19.8 Å². The molecule has 5 nitrogen and oxygen atoms in total. The van der Waals surface area contributed by atoms with Crippen LogP contribution in [-0.2, 0) is 16.1 Å². The number of amides is 2. The first-order valence-corrected chi connectivity index (χ1v) is 10.7. The smallest absolute Gasteiger partial charge is 0.270 e. The van der Waals surface area contributed by atoms with Gasteiger partial charge in [-0.25, -0.2) is 4.39 Å². The maximum Gasteiger partial charge on any atom is 0.270 e. The van der Waals surface area contributed by atoms with Gasteiger partial charge in [0.25, 0.3) is 11.8 Å². The first-order chi connectivity index (χ1) is 16.0. The van der Waals surface area contributed by atoms with E-state index >= 15 is 0 Å². The van der Waals surface area contributed by atoms with Crippen molar-refractivity contribution >= 4 is 51.8 Å². The van der Waals surface area contributed by atoms with Gasteiger partial charge in [0.15, 0.2) is 5.11 Å². The largest absolute Gasteiger partial charge is 0.342 e. The predicted octanol–water partition coefficient (Wildman–Crippen LogP) is 4.66. The Morgan fingerprint density at radius 3 is 2.36 bits per heavy atom. The van der Waals surface area contributed by atoms with Crippen molar-refractivity contribution in [2.45, 2.75) is 6.54 Å². The number of fused-ring (bicyclic) bond motifs is 1. The van der Waals surface area contributed by atoms with Crippen molar-refractivity contribution in [1.29, 1.82) is 0 Å². The molecule has 1 saturated heterocycles. The maximum absolute atomic E-state index is 13.4. The Bertz CT molecular complexity index is 1430. The molecule has 3 aromatic carbocycles. The Morgan fingerprint density at radius 2 is 1.61 bits per heavy atom. The molecule has 0 radical (unpaired) electrons. The van der Waals surface area contributed by atoms with Crippen molar-refractivity contribution < 1.29 is 14.0 Å². The van der Waals surface area contributed by atoms with Crippen molar-refractivity contribution in [3.8, 4) is 0 Å². The van der Waals surface area contributed by atoms with E-state index in [1.54, 1.807) is 6.08 Å². The molecule has 33 heavy (non-hydrogen) atoms. The second kappa shape index (κ2) is 8.44. The molecular formula is C26H18FN3O2S. The Balaban J connectivity index is 1.57. The van der Waals surface area contributed by atoms with Crippen molar-refractivity contribution in [3.05, 3.63) is 108 Å². The summed E-state index contributed by atoms with van der Waals surface area (Å²) in [6.45, 7) is 0.649. The number of benzene rings is 3. The van der Waals surface area contributed by atoms with E-state index in [4.69, 9.17) is 12.2 Å². The summed E-state index contributed by atoms with van der Waals surface area (Å²) in [5, 5.41) is 3.44. The molecule has 0 aliphatic carbocycles. The fraction of sp³-hybridized carbons (Fsp3) is 0.0385. The third-order valence-corrected chi connectivity index (χ3v) is 5.79. The molecule has 1 aliphatic rings. The lowest BCUT2D eigenvalue weighted by Gasteiger charge is -2.28. The lowest BCUT2D eigenvalue weighted by atomic mass is 10.1. The van der Waals surface area contributed by atoms with Crippen LogP contribution in [0.4, 0.5) is 10.1 Å². The second-order valence-electron chi connectivity index (χ2n) is 7.65. The number of hydrogen-bond donors (Lipinski definition) is 1. The van der Waals surface area contributed by atoms with Crippen molar-refractivity contribution in [2.24, 2.45) is 0 Å². The third kappa shape index (κ3) is 3.94. The van der Waals surface area contributed by atoms with Gasteiger partial charge < -0.3 is 4.57 Å². The minimum absolute atomic E-state index is 0.0414. The van der Waals surface area contributed by atoms with E-state index in [0.29, 0.717) is 12.2 Å². The average Bonchev–Trinajstić information content (AvgIpc) is 3.16. The predicted molar refractivity (Wildman–Crippen MR) is 130 cm³/mol. The number of para-hydroxylation sites is 1. The van der Waals surface area contributed by atoms with Crippen LogP contribution in [0.25, 0.3) is 17.0 Å². The zero-order valence-electron chi connectivity index (χ0n) is 17.4. The number of nitrogens with zero attached hydrogens (tertiary/aromatic N) is 2. The first kappa shape index (κ1) is 20.8. The Hall–Kier alpha value is -4.10. The summed E-state index contributed by atoms with van der Waals surface area (Å²) >= 11 is 5.22. The molecule has 1 fully saturated rings. The summed E-state index contributed by atoms with van der Waals surface area (Å²) in [4.78, 5) is 27.2. The molecule has 0 bridgehead atoms. The molecular weight excluding hydrogens is 437 g/mol. The highest BCUT2D eigenvalue weighted by molar-refractivity contribution is 7.80. The van der Waals surface area contributed by atoms with Crippen LogP contribution in [0.15, 0.2) is 90.6 Å². The topological polar surface area (TPSA) is 54.3 Å². The maximum atomic E-state index is 13.4. The summed E-state index contributed by atoms with van der Waals surface area (Å²) in [7, 11) is 0. The molecule has 1 aromatic heterocycles. The summed E-state index contributed by atoms with van der Waals surface area (Å²) in [6.07, 6.45) is 3.51. The number of hydrogen-bond acceptors (Lipinski definition) is 3. The van der Waals surface area contributed by atoms with Crippen LogP contribution in [0.2, 0.25) is 0 Å². The van der Waals surface area contributed by atoms with Crippen LogP contribution in [0, 0.1) is 5.82 Å². The Kier molecular flexibility index (Phi) is 5.32. The molecule has 7 heteroatoms. The van der Waals surface area contributed by atoms with Crippen molar-refractivity contribution in [3.63, 3.8) is 0 Å². The SMILES string of the molecule is O=C1NC(=S)N(c2ccc(F)cc2)C(=O)C1=Cc1cn(Cc2ccccc2)c2ccccc12. The Morgan fingerprint density at radius 1 is 0.909 bits per heavy atom. The highest BCUT2D eigenvalue weighted by atomic mass is 32.1. The van der Waals surface area contributed by atoms with Gasteiger partial charge in [0.1, 0.15) is 11.4 Å². The van der Waals surface area contributed by atoms with Gasteiger partial charge in [-0.1, -0.05) is 48.5 Å². The van der Waals surface area contributed by atoms with E-state index in [1.807, 2.05) is 60.8 Å². The lowest BCUT2D eigenvalue weighted by molar-refractivity contribution is -0.122. The van der Waals surface area contributed by atoms with Crippen molar-refractivity contribution in [1.82, 2.24) is 9.88 Å². The van der Waals surface area contributed by atoms with E-state index in [1.165, 1.54) is 29.2 Å². The van der Waals surface area contributed by atoms with Crippen LogP contribution < -0.4 is 10.2 Å². The van der Waals surface area contributed by atoms with E-state index in [-0.39, 0.29) is 10.7 Å². The monoisotopic (exact) mass is 455 g/mol. The second-order valence-corrected chi connectivity index (χ2v) is 8.04. The summed E-state index contributed by atoms with van der Waals surface area (Å²) in [5.74, 6) is -1.56. The van der Waals surface area contributed by atoms with Gasteiger partial charge in [0.2, 0.25) is 0 Å². The standard InChI is InChI=1S/C26H18FN3O2S/c27-19-10-12-20(13-11-19)30-25(32)22(24(31)28-26(30)33)14-18-16-29(15-17-6-2-1-3-7-17)23-9-5-4-8-21(18)23/h1-14,16H,15H2,(H,28,31,33). The summed E-state index contributed by atoms with van der Waals surface area (Å²) < 4.78 is 15.4. The van der Waals surface area contributed by atoms with E-state index in [2.05, 4.69) is 9.88 Å². The summed E-state index contributed by atoms with van der Waals surface area (Å²) in [5.41, 5.74) is 3.20. The zero-order valence-corrected chi connectivity index (χ0v) is 18.2. The molecule has 162 valence electrons. The third-order valence-electron chi connectivity index (χ3n) is 5.50. The average molecular weight is 456 g/mol. The normalized spacial score (nSPS) is 15.4. The molecule has 2 amide bonds. The highest BCUT2D eigenvalue weighted by Crippen LogP contribution is 2.27. The number of carbonyl (C=O) groups excluding carboxylic acids is 2. The highest BCUT2D eigenvalue weighted by Gasteiger charge is 2.34. The van der Waals surface area contributed by atoms with Gasteiger partial charge in [-0.05, 0) is 54.2 Å². The number of thiocarbonyl (C=S) groups is 1. The summed E-state index contributed by atoms with van der Waals surface area (Å²) in [6, 6.07) is 23.2. The van der Waals surface area contributed by atoms with Crippen LogP contribution in [0.3, 0.4) is 0 Å². The lowest BCUT2D eigenvalue weighted by Crippen LogP contribution is -2.54. The number of halogens is 1. The molecule has 0 unspecified atom stereocenters. The first-order valence-electron chi connectivity index (χ1n) is 10.3. The molecule has 0 spiro atoms. The number of aromatic nitrogens is 1. The molecule has 4 aromatic rings. The quantitative estimate of drug-likeness (QED) is 0.277. The van der Waals surface area contributed by atoms with E-state index in [0.717, 1.165) is 22.0 Å². The zero-order chi connectivity index (χ0) is 22.9. The minimum atomic E-state index is -0.566. The van der Waals surface area contributed by atoms with Gasteiger partial charge in [0.05, 0.1) is 5.69 Å². The fourth-order valence-corrected chi connectivity index (χ4v) is 4.22. The fourth-order valence-electron chi connectivity index (χ4n) is 3.94. The minimum Gasteiger partial charge on any atom is -0.342 e. The van der Waals surface area contributed by atoms with Crippen LogP contribution >= 0.6 is 12.2 Å². The molecule has 5 rings (SSSR count). The van der Waals surface area contributed by atoms with Gasteiger partial charge in [0, 0.05) is 29.2 Å². The van der Waals surface area contributed by atoms with E-state index < -0.39 is 17.6 Å². The number of carbonyl (C=O) groups is 2. The molecule has 0 atom stereocenters. The van der Waals surface area contributed by atoms with E-state index in [9.17, 15) is 14.0 Å². The van der Waals surface area contributed by atoms with Crippen LogP contribution in [-0.4, -0.2) is 21.5 Å². The van der Waals surface area contributed by atoms with Crippen molar-refractivity contribution in [2.75, 3.05) is 4.90 Å². The Labute approximate surface area is 194 Å². The van der Waals surface area contributed by atoms with Gasteiger partial charge in [-0.15, -0.1) is 0 Å². The number of rotatable bonds is 4. The molecule has 2 heterocycles. The van der Waals surface area contributed by atoms with Crippen LogP contribution in [0.5, 0.6) is 0 Å². The number of anilines is 1. The number of nitrogens with one attached hydrogen (secondary N) is 1. The van der Waals surface area contributed by atoms with Gasteiger partial charge >= 0.3 is 0 Å².